The fourth-order valence-corrected chi connectivity index (χ4v) is 4.51. The highest BCUT2D eigenvalue weighted by atomic mass is 19.1. The predicted molar refractivity (Wildman–Crippen MR) is 160 cm³/mol. The Balaban J connectivity index is 1.65. The summed E-state index contributed by atoms with van der Waals surface area (Å²) in [6.45, 7) is 5.00. The van der Waals surface area contributed by atoms with Gasteiger partial charge in [0.1, 0.15) is 23.3 Å². The van der Waals surface area contributed by atoms with E-state index < -0.39 is 40.9 Å². The molecule has 3 N–H and O–H groups in total. The molecule has 222 valence electrons. The Bertz CT molecular complexity index is 1680. The van der Waals surface area contributed by atoms with Crippen LogP contribution < -0.4 is 11.3 Å². The second-order valence-electron chi connectivity index (χ2n) is 11.0. The van der Waals surface area contributed by atoms with E-state index in [9.17, 15) is 28.7 Å². The minimum atomic E-state index is -1.22. The third-order valence-electron chi connectivity index (χ3n) is 6.59. The number of halogens is 1. The van der Waals surface area contributed by atoms with Gasteiger partial charge in [-0.25, -0.2) is 14.0 Å². The van der Waals surface area contributed by atoms with Gasteiger partial charge >= 0.3 is 12.1 Å². The van der Waals surface area contributed by atoms with Crippen molar-refractivity contribution in [1.29, 1.82) is 0 Å². The first kappa shape index (κ1) is 30.7. The number of anilines is 1. The molecule has 0 bridgehead atoms. The van der Waals surface area contributed by atoms with E-state index in [2.05, 4.69) is 0 Å². The highest BCUT2D eigenvalue weighted by molar-refractivity contribution is 6.11. The van der Waals surface area contributed by atoms with Crippen molar-refractivity contribution in [2.45, 2.75) is 45.4 Å². The van der Waals surface area contributed by atoms with Crippen molar-refractivity contribution in [2.24, 2.45) is 0 Å². The van der Waals surface area contributed by atoms with E-state index in [4.69, 9.17) is 10.5 Å². The van der Waals surface area contributed by atoms with Crippen LogP contribution in [0.25, 0.3) is 5.69 Å². The molecule has 0 saturated heterocycles. The average Bonchev–Trinajstić information content (AvgIpc) is 2.95. The Labute approximate surface area is 248 Å². The summed E-state index contributed by atoms with van der Waals surface area (Å²) in [5, 5.41) is 10.1. The van der Waals surface area contributed by atoms with Crippen molar-refractivity contribution in [3.05, 3.63) is 129 Å². The first-order valence-corrected chi connectivity index (χ1v) is 13.5. The number of ketones is 1. The second-order valence-corrected chi connectivity index (χ2v) is 11.0. The maximum absolute atomic E-state index is 13.3. The Kier molecular flexibility index (Phi) is 9.09. The number of carbonyl (C=O) groups excluding carboxylic acids is 2. The fraction of sp³-hybridized carbons (Fsp3) is 0.212. The number of rotatable bonds is 9. The molecule has 0 radical (unpaired) electrons. The molecule has 0 fully saturated rings. The number of hydrogen-bond acceptors (Lipinski definition) is 6. The van der Waals surface area contributed by atoms with E-state index in [0.717, 1.165) is 22.6 Å². The maximum Gasteiger partial charge on any atom is 0.411 e. The maximum atomic E-state index is 13.3. The lowest BCUT2D eigenvalue weighted by Gasteiger charge is -2.31. The van der Waals surface area contributed by atoms with Gasteiger partial charge in [0.2, 0.25) is 0 Å². The van der Waals surface area contributed by atoms with E-state index in [1.54, 1.807) is 69.3 Å². The van der Waals surface area contributed by atoms with Gasteiger partial charge in [0.05, 0.1) is 11.3 Å². The first-order valence-electron chi connectivity index (χ1n) is 13.5. The molecule has 4 aromatic rings. The summed E-state index contributed by atoms with van der Waals surface area (Å²) in [6, 6.07) is 21.7. The smallest absolute Gasteiger partial charge is 0.411 e. The number of carbonyl (C=O) groups is 3. The Morgan fingerprint density at radius 2 is 1.53 bits per heavy atom. The highest BCUT2D eigenvalue weighted by Gasteiger charge is 2.33. The minimum absolute atomic E-state index is 0.0638. The van der Waals surface area contributed by atoms with Gasteiger partial charge in [-0.3, -0.25) is 19.1 Å². The molecule has 3 aromatic carbocycles. The third kappa shape index (κ3) is 7.53. The lowest BCUT2D eigenvalue weighted by Crippen LogP contribution is -2.47. The van der Waals surface area contributed by atoms with E-state index >= 15 is 0 Å². The van der Waals surface area contributed by atoms with Crippen LogP contribution in [0.15, 0.2) is 95.8 Å². The van der Waals surface area contributed by atoms with Gasteiger partial charge in [0.15, 0.2) is 5.78 Å². The zero-order valence-electron chi connectivity index (χ0n) is 24.0. The number of amides is 1. The normalized spacial score (nSPS) is 11.9. The van der Waals surface area contributed by atoms with Gasteiger partial charge in [-0.1, -0.05) is 42.5 Å². The number of pyridine rings is 1. The minimum Gasteiger partial charge on any atom is -0.480 e. The number of hydrogen-bond donors (Lipinski definition) is 2. The SMILES string of the molecule is CC(C)(C)OC(=O)N(Cc1ccc(-n2c(N)c(C(=O)c3ccc(F)cc3)ccc2=O)cc1)[C@@H](Cc1ccccc1)C(=O)O. The molecule has 1 aromatic heterocycles. The quantitative estimate of drug-likeness (QED) is 0.257. The lowest BCUT2D eigenvalue weighted by molar-refractivity contribution is -0.143. The molecule has 0 aliphatic heterocycles. The summed E-state index contributed by atoms with van der Waals surface area (Å²) in [7, 11) is 0. The number of nitrogens with two attached hydrogens (primary N) is 1. The molecule has 1 amide bonds. The molecular formula is C33H32FN3O6. The number of benzene rings is 3. The Morgan fingerprint density at radius 1 is 0.907 bits per heavy atom. The molecule has 43 heavy (non-hydrogen) atoms. The van der Waals surface area contributed by atoms with Gasteiger partial charge in [0, 0.05) is 24.6 Å². The van der Waals surface area contributed by atoms with Gasteiger partial charge in [-0.2, -0.15) is 0 Å². The van der Waals surface area contributed by atoms with Crippen LogP contribution in [-0.4, -0.2) is 44.1 Å². The van der Waals surface area contributed by atoms with Crippen LogP contribution in [0.4, 0.5) is 15.0 Å². The molecule has 0 aliphatic carbocycles. The number of ether oxygens (including phenoxy) is 1. The van der Waals surface area contributed by atoms with Gasteiger partial charge in [-0.15, -0.1) is 0 Å². The topological polar surface area (TPSA) is 132 Å². The van der Waals surface area contributed by atoms with Crippen molar-refractivity contribution in [3.63, 3.8) is 0 Å². The third-order valence-corrected chi connectivity index (χ3v) is 6.59. The number of carboxylic acids is 1. The largest absolute Gasteiger partial charge is 0.480 e. The van der Waals surface area contributed by atoms with Crippen molar-refractivity contribution >= 4 is 23.7 Å². The fourth-order valence-electron chi connectivity index (χ4n) is 4.51. The summed E-state index contributed by atoms with van der Waals surface area (Å²) in [6.07, 6.45) is -0.721. The van der Waals surface area contributed by atoms with Crippen molar-refractivity contribution in [3.8, 4) is 5.69 Å². The average molecular weight is 586 g/mol. The summed E-state index contributed by atoms with van der Waals surface area (Å²) >= 11 is 0. The molecule has 9 nitrogen and oxygen atoms in total. The molecule has 0 unspecified atom stereocenters. The van der Waals surface area contributed by atoms with Crippen molar-refractivity contribution in [2.75, 3.05) is 5.73 Å². The number of nitrogens with zero attached hydrogens (tertiary/aromatic N) is 2. The monoisotopic (exact) mass is 585 g/mol. The molecule has 0 saturated carbocycles. The molecular weight excluding hydrogens is 553 g/mol. The second kappa shape index (κ2) is 12.7. The highest BCUT2D eigenvalue weighted by Crippen LogP contribution is 2.22. The molecule has 4 rings (SSSR count). The van der Waals surface area contributed by atoms with Crippen molar-refractivity contribution < 1.29 is 28.6 Å². The zero-order chi connectivity index (χ0) is 31.3. The van der Waals surface area contributed by atoms with Gasteiger partial charge in [-0.05, 0) is 74.4 Å². The summed E-state index contributed by atoms with van der Waals surface area (Å²) in [5.74, 6) is -2.25. The first-order chi connectivity index (χ1) is 20.3. The van der Waals surface area contributed by atoms with Crippen LogP contribution in [0.5, 0.6) is 0 Å². The van der Waals surface area contributed by atoms with E-state index in [1.165, 1.54) is 28.8 Å². The van der Waals surface area contributed by atoms with Crippen LogP contribution in [0, 0.1) is 5.82 Å². The molecule has 0 aliphatic rings. The summed E-state index contributed by atoms with van der Waals surface area (Å²) in [4.78, 5) is 52.6. The zero-order valence-corrected chi connectivity index (χ0v) is 24.0. The van der Waals surface area contributed by atoms with Crippen LogP contribution in [-0.2, 0) is 22.5 Å². The van der Waals surface area contributed by atoms with E-state index in [0.29, 0.717) is 11.3 Å². The molecule has 1 atom stereocenters. The Hall–Kier alpha value is -5.25. The van der Waals surface area contributed by atoms with Crippen LogP contribution in [0.2, 0.25) is 0 Å². The lowest BCUT2D eigenvalue weighted by atomic mass is 10.0. The van der Waals surface area contributed by atoms with Crippen LogP contribution in [0.3, 0.4) is 0 Å². The molecule has 0 spiro atoms. The number of aliphatic carboxylic acids is 1. The van der Waals surface area contributed by atoms with E-state index in [1.807, 2.05) is 6.07 Å². The standard InChI is InChI=1S/C33H32FN3O6/c1-33(2,3)43-32(42)36(27(31(40)41)19-21-7-5-4-6-8-21)20-22-9-15-25(16-10-22)37-28(38)18-17-26(30(37)35)29(39)23-11-13-24(34)14-12-23/h4-18,27H,19-20,35H2,1-3H3,(H,40,41)/t27-/m0/s1. The van der Waals surface area contributed by atoms with Gasteiger partial charge < -0.3 is 15.6 Å². The van der Waals surface area contributed by atoms with Crippen LogP contribution >= 0.6 is 0 Å². The molecule has 10 heteroatoms. The summed E-state index contributed by atoms with van der Waals surface area (Å²) in [5.41, 5.74) is 6.87. The van der Waals surface area contributed by atoms with E-state index in [-0.39, 0.29) is 29.9 Å². The number of aromatic nitrogens is 1. The van der Waals surface area contributed by atoms with Crippen LogP contribution in [0.1, 0.15) is 47.8 Å². The number of nitrogen functional groups attached to an aromatic ring is 1. The number of carboxylic acid groups (broad SMARTS) is 1. The Morgan fingerprint density at radius 3 is 2.12 bits per heavy atom. The summed E-state index contributed by atoms with van der Waals surface area (Å²) < 4.78 is 20.1. The predicted octanol–water partition coefficient (Wildman–Crippen LogP) is 5.22. The van der Waals surface area contributed by atoms with Gasteiger partial charge in [0.25, 0.3) is 5.56 Å². The van der Waals surface area contributed by atoms with Crippen molar-refractivity contribution in [1.82, 2.24) is 9.47 Å². The molecule has 1 heterocycles.